The Hall–Kier alpha value is -1.00. The van der Waals surface area contributed by atoms with E-state index in [9.17, 15) is 0 Å². The minimum Gasteiger partial charge on any atom is -0.390 e. The van der Waals surface area contributed by atoms with Gasteiger partial charge in [-0.3, -0.25) is 3.89 Å². The molecule has 0 amide bonds. The molecule has 88 valence electrons. The second kappa shape index (κ2) is 4.89. The van der Waals surface area contributed by atoms with Gasteiger partial charge in [-0.1, -0.05) is 6.07 Å². The van der Waals surface area contributed by atoms with E-state index < -0.39 is 0 Å². The van der Waals surface area contributed by atoms with Crippen LogP contribution >= 0.6 is 11.9 Å². The maximum absolute atomic E-state index is 5.34. The molecule has 0 bridgehead atoms. The first-order chi connectivity index (χ1) is 7.35. The van der Waals surface area contributed by atoms with Crippen LogP contribution in [0.25, 0.3) is 0 Å². The van der Waals surface area contributed by atoms with Gasteiger partial charge in [-0.15, -0.1) is 0 Å². The number of nitrogens with zero attached hydrogens (tertiary/aromatic N) is 2. The van der Waals surface area contributed by atoms with Gasteiger partial charge in [-0.25, -0.2) is 4.99 Å². The molecule has 0 aliphatic heterocycles. The molecule has 0 aromatic heterocycles. The van der Waals surface area contributed by atoms with Crippen molar-refractivity contribution in [2.45, 2.75) is 18.7 Å². The van der Waals surface area contributed by atoms with Crippen LogP contribution in [0.2, 0.25) is 0 Å². The van der Waals surface area contributed by atoms with E-state index in [1.165, 1.54) is 22.4 Å². The fourth-order valence-electron chi connectivity index (χ4n) is 1.45. The molecule has 1 aromatic rings. The van der Waals surface area contributed by atoms with Crippen LogP contribution in [0, 0.1) is 13.8 Å². The summed E-state index contributed by atoms with van der Waals surface area (Å²) in [4.78, 5) is 5.46. The fraction of sp³-hybridized carbons (Fsp3) is 0.417. The maximum Gasteiger partial charge on any atom is 0.112 e. The summed E-state index contributed by atoms with van der Waals surface area (Å²) in [6, 6.07) is 4.10. The number of aliphatic imine (C=N–C) groups is 1. The number of rotatable bonds is 3. The Labute approximate surface area is 102 Å². The summed E-state index contributed by atoms with van der Waals surface area (Å²) >= 11 is 1.82. The third kappa shape index (κ3) is 3.25. The molecule has 3 nitrogen and oxygen atoms in total. The molecule has 0 aliphatic rings. The van der Waals surface area contributed by atoms with E-state index in [0.717, 1.165) is 9.58 Å². The number of hydrogen-bond donors (Lipinski definition) is 1. The molecule has 4 heteroatoms. The fourth-order valence-corrected chi connectivity index (χ4v) is 2.45. The zero-order chi connectivity index (χ0) is 12.3. The molecule has 0 heterocycles. The second-order valence-corrected chi connectivity index (χ2v) is 6.30. The van der Waals surface area contributed by atoms with E-state index in [0.29, 0.717) is 0 Å². The number of benzene rings is 1. The lowest BCUT2D eigenvalue weighted by atomic mass is 10.1. The number of nitrogens with two attached hydrogens (primary N) is 1. The molecule has 1 aromatic carbocycles. The van der Waals surface area contributed by atoms with E-state index in [1.807, 2.05) is 18.0 Å². The Morgan fingerprint density at radius 1 is 1.25 bits per heavy atom. The van der Waals surface area contributed by atoms with Crippen LogP contribution < -0.4 is 5.73 Å². The number of hydrogen-bond acceptors (Lipinski definition) is 2. The Morgan fingerprint density at radius 2 is 1.88 bits per heavy atom. The van der Waals surface area contributed by atoms with Crippen molar-refractivity contribution in [3.8, 4) is 0 Å². The third-order valence-electron chi connectivity index (χ3n) is 2.15. The lowest BCUT2D eigenvalue weighted by Crippen LogP contribution is -2.25. The van der Waals surface area contributed by atoms with Crippen LogP contribution in [-0.4, -0.2) is 31.4 Å². The Morgan fingerprint density at radius 3 is 2.38 bits per heavy atom. The average Bonchev–Trinajstić information content (AvgIpc) is 2.16. The minimum absolute atomic E-state index is 0.831. The molecule has 0 radical (unpaired) electrons. The highest BCUT2D eigenvalue weighted by Gasteiger charge is 2.17. The quantitative estimate of drug-likeness (QED) is 0.380. The van der Waals surface area contributed by atoms with Gasteiger partial charge in [0.2, 0.25) is 0 Å². The van der Waals surface area contributed by atoms with E-state index >= 15 is 0 Å². The van der Waals surface area contributed by atoms with Crippen molar-refractivity contribution in [2.75, 3.05) is 21.1 Å². The molecule has 0 saturated heterocycles. The van der Waals surface area contributed by atoms with Crippen molar-refractivity contribution < 1.29 is 3.89 Å². The Balaban J connectivity index is 3.21. The Bertz CT molecular complexity index is 405. The summed E-state index contributed by atoms with van der Waals surface area (Å²) in [7, 11) is 6.47. The lowest BCUT2D eigenvalue weighted by molar-refractivity contribution is -0.726. The molecule has 1 rings (SSSR count). The summed E-state index contributed by atoms with van der Waals surface area (Å²) in [5.41, 5.74) is 8.77. The zero-order valence-electron chi connectivity index (χ0n) is 10.6. The van der Waals surface area contributed by atoms with E-state index in [4.69, 9.17) is 5.73 Å². The first kappa shape index (κ1) is 13.1. The van der Waals surface area contributed by atoms with Gasteiger partial charge in [-0.2, -0.15) is 0 Å². The van der Waals surface area contributed by atoms with Crippen LogP contribution in [0.4, 0.5) is 5.69 Å². The van der Waals surface area contributed by atoms with Crippen molar-refractivity contribution in [1.82, 2.24) is 0 Å². The molecule has 0 atom stereocenters. The van der Waals surface area contributed by atoms with Gasteiger partial charge in [0.15, 0.2) is 0 Å². The van der Waals surface area contributed by atoms with Gasteiger partial charge >= 0.3 is 0 Å². The van der Waals surface area contributed by atoms with Crippen LogP contribution in [0.1, 0.15) is 11.1 Å². The highest BCUT2D eigenvalue weighted by molar-refractivity contribution is 7.94. The van der Waals surface area contributed by atoms with Gasteiger partial charge in [0.25, 0.3) is 0 Å². The molecule has 2 N–H and O–H groups in total. The van der Waals surface area contributed by atoms with Crippen LogP contribution in [0.5, 0.6) is 0 Å². The minimum atomic E-state index is 0.831. The molecular weight excluding hydrogens is 218 g/mol. The predicted octanol–water partition coefficient (Wildman–Crippen LogP) is 2.64. The number of quaternary nitrogens is 1. The summed E-state index contributed by atoms with van der Waals surface area (Å²) in [6.45, 7) is 4.22. The molecule has 0 unspecified atom stereocenters. The monoisotopic (exact) mass is 238 g/mol. The lowest BCUT2D eigenvalue weighted by Gasteiger charge is -2.22. The number of aryl methyl sites for hydroxylation is 1. The predicted molar refractivity (Wildman–Crippen MR) is 72.1 cm³/mol. The SMILES string of the molecule is Cc1ccc(N=CN)c(C)c1S[N+](C)(C)C. The van der Waals surface area contributed by atoms with Crippen molar-refractivity contribution in [3.05, 3.63) is 23.3 Å². The smallest absolute Gasteiger partial charge is 0.112 e. The maximum atomic E-state index is 5.34. The van der Waals surface area contributed by atoms with E-state index in [1.54, 1.807) is 0 Å². The average molecular weight is 238 g/mol. The van der Waals surface area contributed by atoms with Gasteiger partial charge in [-0.05, 0) is 31.0 Å². The van der Waals surface area contributed by atoms with E-state index in [2.05, 4.69) is 46.0 Å². The van der Waals surface area contributed by atoms with Crippen molar-refractivity contribution in [2.24, 2.45) is 10.7 Å². The van der Waals surface area contributed by atoms with Gasteiger partial charge in [0, 0.05) is 0 Å². The van der Waals surface area contributed by atoms with Gasteiger partial charge < -0.3 is 5.73 Å². The molecular formula is C12H20N3S+. The molecule has 0 fully saturated rings. The normalized spacial score (nSPS) is 12.3. The van der Waals surface area contributed by atoms with Crippen molar-refractivity contribution in [3.63, 3.8) is 0 Å². The summed E-state index contributed by atoms with van der Waals surface area (Å²) < 4.78 is 0.831. The zero-order valence-corrected chi connectivity index (χ0v) is 11.4. The highest BCUT2D eigenvalue weighted by Crippen LogP contribution is 2.35. The summed E-state index contributed by atoms with van der Waals surface area (Å²) in [5, 5.41) is 0. The highest BCUT2D eigenvalue weighted by atomic mass is 32.2. The standard InChI is InChI=1S/C12H20N3S/c1-9-6-7-11(14-8-13)10(2)12(9)16-15(3,4)5/h6-8H,1-5H3,(H2,13,14)/q+1. The van der Waals surface area contributed by atoms with Crippen LogP contribution in [-0.2, 0) is 0 Å². The third-order valence-corrected chi connectivity index (χ3v) is 3.51. The molecule has 0 aliphatic carbocycles. The molecule has 16 heavy (non-hydrogen) atoms. The first-order valence-electron chi connectivity index (χ1n) is 5.20. The van der Waals surface area contributed by atoms with Crippen molar-refractivity contribution in [1.29, 1.82) is 0 Å². The summed E-state index contributed by atoms with van der Waals surface area (Å²) in [6.07, 6.45) is 1.35. The first-order valence-corrected chi connectivity index (χ1v) is 5.98. The topological polar surface area (TPSA) is 38.4 Å². The summed E-state index contributed by atoms with van der Waals surface area (Å²) in [5.74, 6) is 0. The van der Waals surface area contributed by atoms with Crippen molar-refractivity contribution >= 4 is 24.0 Å². The van der Waals surface area contributed by atoms with Crippen LogP contribution in [0.3, 0.4) is 0 Å². The second-order valence-electron chi connectivity index (χ2n) is 4.61. The van der Waals surface area contributed by atoms with E-state index in [-0.39, 0.29) is 0 Å². The Kier molecular flexibility index (Phi) is 3.99. The van der Waals surface area contributed by atoms with Gasteiger partial charge in [0.05, 0.1) is 38.1 Å². The van der Waals surface area contributed by atoms with Crippen LogP contribution in [0.15, 0.2) is 22.0 Å². The molecule has 0 saturated carbocycles. The van der Waals surface area contributed by atoms with Gasteiger partial charge in [0.1, 0.15) is 11.9 Å². The largest absolute Gasteiger partial charge is 0.390 e. The molecule has 0 spiro atoms.